The van der Waals surface area contributed by atoms with Gasteiger partial charge in [-0.05, 0) is 50.0 Å². The molecule has 1 aliphatic heterocycles. The molecule has 0 bridgehead atoms. The van der Waals surface area contributed by atoms with Crippen LogP contribution < -0.4 is 10.1 Å². The molecule has 1 fully saturated rings. The predicted molar refractivity (Wildman–Crippen MR) is 73.3 cm³/mol. The summed E-state index contributed by atoms with van der Waals surface area (Å²) in [6.45, 7) is 2.06. The van der Waals surface area contributed by atoms with E-state index >= 15 is 0 Å². The summed E-state index contributed by atoms with van der Waals surface area (Å²) in [6.07, 6.45) is 3.57. The van der Waals surface area contributed by atoms with Crippen molar-refractivity contribution in [2.45, 2.75) is 31.8 Å². The monoisotopic (exact) mass is 263 g/mol. The summed E-state index contributed by atoms with van der Waals surface area (Å²) in [5.74, 6) is 0.740. The van der Waals surface area contributed by atoms with Crippen molar-refractivity contribution < 1.29 is 14.3 Å². The van der Waals surface area contributed by atoms with Gasteiger partial charge in [0.05, 0.1) is 7.11 Å². The highest BCUT2D eigenvalue weighted by molar-refractivity contribution is 5.69. The number of methoxy groups -OCH3 is 1. The van der Waals surface area contributed by atoms with Crippen molar-refractivity contribution in [2.75, 3.05) is 20.2 Å². The zero-order valence-corrected chi connectivity index (χ0v) is 11.4. The van der Waals surface area contributed by atoms with E-state index in [1.807, 2.05) is 24.3 Å². The van der Waals surface area contributed by atoms with Crippen LogP contribution in [0.3, 0.4) is 0 Å². The fraction of sp³-hybridized carbons (Fsp3) is 0.533. The van der Waals surface area contributed by atoms with Gasteiger partial charge >= 0.3 is 5.97 Å². The summed E-state index contributed by atoms with van der Waals surface area (Å²) in [7, 11) is 1.41. The van der Waals surface area contributed by atoms with Crippen LogP contribution in [0.25, 0.3) is 0 Å². The van der Waals surface area contributed by atoms with E-state index in [0.29, 0.717) is 18.9 Å². The van der Waals surface area contributed by atoms with Gasteiger partial charge in [-0.25, -0.2) is 0 Å². The molecule has 0 aromatic heterocycles. The average Bonchev–Trinajstić information content (AvgIpc) is 2.47. The van der Waals surface area contributed by atoms with Crippen molar-refractivity contribution in [1.29, 1.82) is 0 Å². The van der Waals surface area contributed by atoms with E-state index in [4.69, 9.17) is 4.74 Å². The molecule has 1 N–H and O–H groups in total. The van der Waals surface area contributed by atoms with Crippen LogP contribution >= 0.6 is 0 Å². The van der Waals surface area contributed by atoms with Crippen LogP contribution in [0.15, 0.2) is 24.3 Å². The fourth-order valence-corrected chi connectivity index (χ4v) is 2.19. The Balaban J connectivity index is 1.82. The molecule has 1 aliphatic rings. The van der Waals surface area contributed by atoms with Crippen LogP contribution in [-0.4, -0.2) is 32.3 Å². The Kier molecular flexibility index (Phi) is 5.21. The highest BCUT2D eigenvalue weighted by atomic mass is 16.5. The molecule has 1 aromatic rings. The number of aryl methyl sites for hydroxylation is 1. The standard InChI is InChI=1S/C15H21NO3/c1-18-15(17)7-4-12-2-5-13(6-3-12)19-14-8-10-16-11-9-14/h2-3,5-6,14,16H,4,7-11H2,1H3. The molecule has 19 heavy (non-hydrogen) atoms. The maximum absolute atomic E-state index is 11.1. The molecule has 0 radical (unpaired) electrons. The first-order valence-corrected chi connectivity index (χ1v) is 6.81. The third kappa shape index (κ3) is 4.56. The van der Waals surface area contributed by atoms with Gasteiger partial charge in [-0.3, -0.25) is 4.79 Å². The van der Waals surface area contributed by atoms with Gasteiger partial charge in [0, 0.05) is 6.42 Å². The molecular formula is C15H21NO3. The Morgan fingerprint density at radius 2 is 1.95 bits per heavy atom. The zero-order valence-electron chi connectivity index (χ0n) is 11.4. The minimum absolute atomic E-state index is 0.171. The molecule has 1 aromatic carbocycles. The van der Waals surface area contributed by atoms with Crippen molar-refractivity contribution in [2.24, 2.45) is 0 Å². The Labute approximate surface area is 114 Å². The van der Waals surface area contributed by atoms with Gasteiger partial charge in [0.15, 0.2) is 0 Å². The van der Waals surface area contributed by atoms with Crippen LogP contribution in [0.4, 0.5) is 0 Å². The minimum atomic E-state index is -0.171. The Bertz CT molecular complexity index is 396. The van der Waals surface area contributed by atoms with E-state index in [2.05, 4.69) is 10.1 Å². The molecule has 2 rings (SSSR count). The Morgan fingerprint density at radius 1 is 1.26 bits per heavy atom. The van der Waals surface area contributed by atoms with Gasteiger partial charge in [0.25, 0.3) is 0 Å². The summed E-state index contributed by atoms with van der Waals surface area (Å²) in [4.78, 5) is 11.1. The van der Waals surface area contributed by atoms with Crippen LogP contribution in [0.1, 0.15) is 24.8 Å². The molecular weight excluding hydrogens is 242 g/mol. The van der Waals surface area contributed by atoms with Crippen molar-refractivity contribution in [3.05, 3.63) is 29.8 Å². The topological polar surface area (TPSA) is 47.6 Å². The van der Waals surface area contributed by atoms with E-state index in [1.165, 1.54) is 7.11 Å². The molecule has 0 unspecified atom stereocenters. The SMILES string of the molecule is COC(=O)CCc1ccc(OC2CCNCC2)cc1. The van der Waals surface area contributed by atoms with Crippen molar-refractivity contribution in [3.8, 4) is 5.75 Å². The van der Waals surface area contributed by atoms with E-state index in [1.54, 1.807) is 0 Å². The van der Waals surface area contributed by atoms with Crippen LogP contribution in [0, 0.1) is 0 Å². The van der Waals surface area contributed by atoms with Crippen molar-refractivity contribution >= 4 is 5.97 Å². The highest BCUT2D eigenvalue weighted by Gasteiger charge is 2.14. The number of nitrogens with one attached hydrogen (secondary N) is 1. The lowest BCUT2D eigenvalue weighted by Gasteiger charge is -2.23. The second-order valence-corrected chi connectivity index (χ2v) is 4.79. The predicted octanol–water partition coefficient (Wildman–Crippen LogP) is 1.92. The largest absolute Gasteiger partial charge is 0.490 e. The number of carbonyl (C=O) groups is 1. The van der Waals surface area contributed by atoms with Gasteiger partial charge in [0.2, 0.25) is 0 Å². The third-order valence-electron chi connectivity index (χ3n) is 3.36. The lowest BCUT2D eigenvalue weighted by molar-refractivity contribution is -0.140. The van der Waals surface area contributed by atoms with Gasteiger partial charge in [-0.2, -0.15) is 0 Å². The zero-order chi connectivity index (χ0) is 13.5. The number of hydrogen-bond acceptors (Lipinski definition) is 4. The van der Waals surface area contributed by atoms with Crippen LogP contribution in [-0.2, 0) is 16.0 Å². The second kappa shape index (κ2) is 7.14. The highest BCUT2D eigenvalue weighted by Crippen LogP contribution is 2.18. The number of esters is 1. The Morgan fingerprint density at radius 3 is 2.58 bits per heavy atom. The quantitative estimate of drug-likeness (QED) is 0.825. The molecule has 0 amide bonds. The fourth-order valence-electron chi connectivity index (χ4n) is 2.19. The minimum Gasteiger partial charge on any atom is -0.490 e. The van der Waals surface area contributed by atoms with E-state index in [0.717, 1.165) is 37.2 Å². The molecule has 4 nitrogen and oxygen atoms in total. The third-order valence-corrected chi connectivity index (χ3v) is 3.36. The lowest BCUT2D eigenvalue weighted by atomic mass is 10.1. The molecule has 4 heteroatoms. The van der Waals surface area contributed by atoms with Crippen molar-refractivity contribution in [3.63, 3.8) is 0 Å². The normalized spacial score (nSPS) is 16.1. The average molecular weight is 263 g/mol. The van der Waals surface area contributed by atoms with E-state index < -0.39 is 0 Å². The maximum atomic E-state index is 11.1. The van der Waals surface area contributed by atoms with Crippen LogP contribution in [0.5, 0.6) is 5.75 Å². The first-order chi connectivity index (χ1) is 9.28. The first-order valence-electron chi connectivity index (χ1n) is 6.81. The summed E-state index contributed by atoms with van der Waals surface area (Å²) in [6, 6.07) is 7.99. The lowest BCUT2D eigenvalue weighted by Crippen LogP contribution is -2.34. The maximum Gasteiger partial charge on any atom is 0.305 e. The molecule has 1 saturated heterocycles. The molecule has 0 atom stereocenters. The van der Waals surface area contributed by atoms with Crippen LogP contribution in [0.2, 0.25) is 0 Å². The van der Waals surface area contributed by atoms with Gasteiger partial charge < -0.3 is 14.8 Å². The summed E-state index contributed by atoms with van der Waals surface area (Å²) < 4.78 is 10.6. The van der Waals surface area contributed by atoms with Crippen molar-refractivity contribution in [1.82, 2.24) is 5.32 Å². The summed E-state index contributed by atoms with van der Waals surface area (Å²) >= 11 is 0. The van der Waals surface area contributed by atoms with Gasteiger partial charge in [-0.15, -0.1) is 0 Å². The summed E-state index contributed by atoms with van der Waals surface area (Å²) in [5.41, 5.74) is 1.13. The molecule has 0 aliphatic carbocycles. The molecule has 0 spiro atoms. The number of piperidine rings is 1. The van der Waals surface area contributed by atoms with E-state index in [9.17, 15) is 4.79 Å². The first kappa shape index (κ1) is 13.9. The Hall–Kier alpha value is -1.55. The number of rotatable bonds is 5. The molecule has 104 valence electrons. The smallest absolute Gasteiger partial charge is 0.305 e. The number of carbonyl (C=O) groups excluding carboxylic acids is 1. The van der Waals surface area contributed by atoms with E-state index in [-0.39, 0.29) is 5.97 Å². The van der Waals surface area contributed by atoms with Gasteiger partial charge in [-0.1, -0.05) is 12.1 Å². The number of benzene rings is 1. The molecule has 0 saturated carbocycles. The summed E-state index contributed by atoms with van der Waals surface area (Å²) in [5, 5.41) is 3.32. The van der Waals surface area contributed by atoms with Gasteiger partial charge in [0.1, 0.15) is 11.9 Å². The second-order valence-electron chi connectivity index (χ2n) is 4.79. The molecule has 1 heterocycles. The number of hydrogen-bond donors (Lipinski definition) is 1. The number of ether oxygens (including phenoxy) is 2.